The second-order valence-corrected chi connectivity index (χ2v) is 6.50. The summed E-state index contributed by atoms with van der Waals surface area (Å²) in [6.07, 6.45) is 4.13. The second kappa shape index (κ2) is 5.88. The number of aliphatic carboxylic acids is 1. The molecule has 1 aliphatic rings. The van der Waals surface area contributed by atoms with Crippen LogP contribution in [0.25, 0.3) is 0 Å². The minimum atomic E-state index is -1.19. The van der Waals surface area contributed by atoms with Crippen molar-refractivity contribution >= 4 is 11.9 Å². The standard InChI is InChI=1S/C17H23NO3/c1-16(10-6-7-11-16)18-14(19)12-17(2,15(20)21)13-8-4-3-5-9-13/h3-5,8-9H,6-7,10-12H2,1-2H3,(H,18,19)(H,20,21). The number of nitrogens with one attached hydrogen (secondary N) is 1. The third kappa shape index (κ3) is 3.43. The van der Waals surface area contributed by atoms with Crippen LogP contribution in [0.5, 0.6) is 0 Å². The van der Waals surface area contributed by atoms with Crippen molar-refractivity contribution in [2.24, 2.45) is 0 Å². The van der Waals surface area contributed by atoms with Gasteiger partial charge in [0.2, 0.25) is 5.91 Å². The molecule has 21 heavy (non-hydrogen) atoms. The predicted molar refractivity (Wildman–Crippen MR) is 81.1 cm³/mol. The summed E-state index contributed by atoms with van der Waals surface area (Å²) in [4.78, 5) is 24.0. The summed E-state index contributed by atoms with van der Waals surface area (Å²) in [6.45, 7) is 3.65. The van der Waals surface area contributed by atoms with Crippen LogP contribution in [0, 0.1) is 0 Å². The van der Waals surface area contributed by atoms with E-state index in [1.165, 1.54) is 0 Å². The molecule has 1 aliphatic carbocycles. The van der Waals surface area contributed by atoms with Crippen molar-refractivity contribution in [2.75, 3.05) is 0 Å². The molecule has 1 unspecified atom stereocenters. The van der Waals surface area contributed by atoms with Crippen LogP contribution in [0.3, 0.4) is 0 Å². The summed E-state index contributed by atoms with van der Waals surface area (Å²) in [6, 6.07) is 8.96. The predicted octanol–water partition coefficient (Wildman–Crippen LogP) is 2.87. The van der Waals surface area contributed by atoms with Gasteiger partial charge in [-0.05, 0) is 32.3 Å². The van der Waals surface area contributed by atoms with E-state index in [0.717, 1.165) is 25.7 Å². The fourth-order valence-electron chi connectivity index (χ4n) is 3.09. The van der Waals surface area contributed by atoms with E-state index in [1.807, 2.05) is 13.0 Å². The van der Waals surface area contributed by atoms with Crippen LogP contribution in [-0.2, 0) is 15.0 Å². The molecule has 0 spiro atoms. The first-order valence-electron chi connectivity index (χ1n) is 7.46. The molecule has 1 aromatic carbocycles. The zero-order valence-electron chi connectivity index (χ0n) is 12.7. The van der Waals surface area contributed by atoms with E-state index in [0.29, 0.717) is 5.56 Å². The third-order valence-corrected chi connectivity index (χ3v) is 4.55. The zero-order chi connectivity index (χ0) is 15.5. The largest absolute Gasteiger partial charge is 0.481 e. The maximum Gasteiger partial charge on any atom is 0.314 e. The molecule has 0 heterocycles. The van der Waals surface area contributed by atoms with Crippen LogP contribution in [-0.4, -0.2) is 22.5 Å². The number of amides is 1. The lowest BCUT2D eigenvalue weighted by molar-refractivity contribution is -0.145. The molecule has 114 valence electrons. The molecule has 0 saturated heterocycles. The van der Waals surface area contributed by atoms with Gasteiger partial charge in [-0.1, -0.05) is 43.2 Å². The highest BCUT2D eigenvalue weighted by molar-refractivity contribution is 5.89. The summed E-state index contributed by atoms with van der Waals surface area (Å²) in [5.41, 5.74) is -0.711. The lowest BCUT2D eigenvalue weighted by Crippen LogP contribution is -2.47. The molecule has 0 aromatic heterocycles. The van der Waals surface area contributed by atoms with Crippen molar-refractivity contribution in [1.82, 2.24) is 5.32 Å². The number of carbonyl (C=O) groups is 2. The molecule has 1 aromatic rings. The van der Waals surface area contributed by atoms with Gasteiger partial charge in [0.15, 0.2) is 0 Å². The van der Waals surface area contributed by atoms with Gasteiger partial charge >= 0.3 is 5.97 Å². The van der Waals surface area contributed by atoms with Crippen molar-refractivity contribution in [3.63, 3.8) is 0 Å². The van der Waals surface area contributed by atoms with Gasteiger partial charge in [-0.3, -0.25) is 9.59 Å². The zero-order valence-corrected chi connectivity index (χ0v) is 12.7. The van der Waals surface area contributed by atoms with Gasteiger partial charge in [0.1, 0.15) is 0 Å². The summed E-state index contributed by atoms with van der Waals surface area (Å²) in [5.74, 6) is -1.16. The van der Waals surface area contributed by atoms with Crippen LogP contribution >= 0.6 is 0 Å². The van der Waals surface area contributed by atoms with E-state index < -0.39 is 11.4 Å². The highest BCUT2D eigenvalue weighted by atomic mass is 16.4. The number of carbonyl (C=O) groups excluding carboxylic acids is 1. The van der Waals surface area contributed by atoms with Crippen LogP contribution in [0.4, 0.5) is 0 Å². The quantitative estimate of drug-likeness (QED) is 0.876. The van der Waals surface area contributed by atoms with Gasteiger partial charge in [0.25, 0.3) is 0 Å². The normalized spacial score (nSPS) is 19.7. The maximum absolute atomic E-state index is 12.3. The maximum atomic E-state index is 12.3. The van der Waals surface area contributed by atoms with E-state index in [9.17, 15) is 14.7 Å². The Morgan fingerprint density at radius 3 is 2.33 bits per heavy atom. The Morgan fingerprint density at radius 1 is 1.24 bits per heavy atom. The molecular formula is C17H23NO3. The van der Waals surface area contributed by atoms with Crippen molar-refractivity contribution < 1.29 is 14.7 Å². The number of rotatable bonds is 5. The van der Waals surface area contributed by atoms with Crippen molar-refractivity contribution in [2.45, 2.75) is 56.9 Å². The Morgan fingerprint density at radius 2 is 1.81 bits per heavy atom. The first-order valence-corrected chi connectivity index (χ1v) is 7.46. The Balaban J connectivity index is 2.13. The molecule has 1 amide bonds. The topological polar surface area (TPSA) is 66.4 Å². The first-order chi connectivity index (χ1) is 9.86. The lowest BCUT2D eigenvalue weighted by atomic mass is 9.79. The van der Waals surface area contributed by atoms with Crippen LogP contribution in [0.2, 0.25) is 0 Å². The molecule has 0 bridgehead atoms. The second-order valence-electron chi connectivity index (χ2n) is 6.50. The molecule has 2 N–H and O–H groups in total. The first kappa shape index (κ1) is 15.5. The average Bonchev–Trinajstić information content (AvgIpc) is 2.85. The summed E-state index contributed by atoms with van der Waals surface area (Å²) < 4.78 is 0. The summed E-state index contributed by atoms with van der Waals surface area (Å²) >= 11 is 0. The molecular weight excluding hydrogens is 266 g/mol. The molecule has 4 heteroatoms. The van der Waals surface area contributed by atoms with Gasteiger partial charge in [-0.25, -0.2) is 0 Å². The van der Waals surface area contributed by atoms with E-state index in [2.05, 4.69) is 5.32 Å². The van der Waals surface area contributed by atoms with Crippen LogP contribution in [0.1, 0.15) is 51.5 Å². The summed E-state index contributed by atoms with van der Waals surface area (Å²) in [7, 11) is 0. The van der Waals surface area contributed by atoms with Gasteiger partial charge in [0.05, 0.1) is 5.41 Å². The van der Waals surface area contributed by atoms with Crippen molar-refractivity contribution in [3.8, 4) is 0 Å². The smallest absolute Gasteiger partial charge is 0.314 e. The van der Waals surface area contributed by atoms with E-state index >= 15 is 0 Å². The van der Waals surface area contributed by atoms with Gasteiger partial charge < -0.3 is 10.4 Å². The number of hydrogen-bond donors (Lipinski definition) is 2. The van der Waals surface area contributed by atoms with E-state index in [4.69, 9.17) is 0 Å². The molecule has 1 atom stereocenters. The highest BCUT2D eigenvalue weighted by Gasteiger charge is 2.39. The molecule has 2 rings (SSSR count). The summed E-state index contributed by atoms with van der Waals surface area (Å²) in [5, 5.41) is 12.6. The van der Waals surface area contributed by atoms with Crippen LogP contribution in [0.15, 0.2) is 30.3 Å². The minimum absolute atomic E-state index is 0.0397. The lowest BCUT2D eigenvalue weighted by Gasteiger charge is -2.29. The van der Waals surface area contributed by atoms with Gasteiger partial charge in [-0.15, -0.1) is 0 Å². The number of hydrogen-bond acceptors (Lipinski definition) is 2. The SMILES string of the molecule is CC1(NC(=O)CC(C)(C(=O)O)c2ccccc2)CCCC1. The fraction of sp³-hybridized carbons (Fsp3) is 0.529. The van der Waals surface area contributed by atoms with E-state index in [1.54, 1.807) is 31.2 Å². The molecule has 0 aliphatic heterocycles. The molecule has 1 saturated carbocycles. The van der Waals surface area contributed by atoms with Crippen molar-refractivity contribution in [1.29, 1.82) is 0 Å². The van der Waals surface area contributed by atoms with Gasteiger partial charge in [-0.2, -0.15) is 0 Å². The molecule has 1 fully saturated rings. The fourth-order valence-corrected chi connectivity index (χ4v) is 3.09. The Kier molecular flexibility index (Phi) is 4.35. The average molecular weight is 289 g/mol. The van der Waals surface area contributed by atoms with Crippen molar-refractivity contribution in [3.05, 3.63) is 35.9 Å². The van der Waals surface area contributed by atoms with Crippen LogP contribution < -0.4 is 5.32 Å². The number of carboxylic acid groups (broad SMARTS) is 1. The monoisotopic (exact) mass is 289 g/mol. The number of carboxylic acids is 1. The Hall–Kier alpha value is -1.84. The Labute approximate surface area is 125 Å². The number of benzene rings is 1. The van der Waals surface area contributed by atoms with Gasteiger partial charge in [0, 0.05) is 12.0 Å². The molecule has 4 nitrogen and oxygen atoms in total. The third-order valence-electron chi connectivity index (χ3n) is 4.55. The Bertz CT molecular complexity index is 520. The minimum Gasteiger partial charge on any atom is -0.481 e. The molecule has 0 radical (unpaired) electrons. The highest BCUT2D eigenvalue weighted by Crippen LogP contribution is 2.31. The van der Waals surface area contributed by atoms with E-state index in [-0.39, 0.29) is 17.9 Å².